The number of nitrogens with two attached hydrogens (primary N) is 1. The number of hydrogen-bond donors (Lipinski definition) is 3. The Balaban J connectivity index is 2.11. The molecule has 5 heteroatoms. The Kier molecular flexibility index (Phi) is 4.70. The normalized spacial score (nSPS) is 26.2. The molecule has 20 heavy (non-hydrogen) atoms. The first-order valence-corrected chi connectivity index (χ1v) is 7.73. The third kappa shape index (κ3) is 3.33. The second-order valence-corrected chi connectivity index (χ2v) is 6.67. The van der Waals surface area contributed by atoms with Gasteiger partial charge in [0.1, 0.15) is 0 Å². The van der Waals surface area contributed by atoms with Gasteiger partial charge < -0.3 is 16.2 Å². The van der Waals surface area contributed by atoms with Gasteiger partial charge in [-0.2, -0.15) is 0 Å². The van der Waals surface area contributed by atoms with Crippen molar-refractivity contribution in [2.24, 2.45) is 5.92 Å². The molecule has 0 unspecified atom stereocenters. The van der Waals surface area contributed by atoms with Gasteiger partial charge in [-0.3, -0.25) is 4.79 Å². The van der Waals surface area contributed by atoms with Crippen molar-refractivity contribution in [2.75, 3.05) is 12.3 Å². The summed E-state index contributed by atoms with van der Waals surface area (Å²) >= 11 is 3.31. The number of benzene rings is 1. The average molecular weight is 341 g/mol. The lowest BCUT2D eigenvalue weighted by Crippen LogP contribution is -2.53. The van der Waals surface area contributed by atoms with Crippen LogP contribution in [0.1, 0.15) is 43.0 Å². The van der Waals surface area contributed by atoms with Crippen molar-refractivity contribution in [3.63, 3.8) is 0 Å². The lowest BCUT2D eigenvalue weighted by molar-refractivity contribution is 0.0717. The summed E-state index contributed by atoms with van der Waals surface area (Å²) < 4.78 is 0.775. The fraction of sp³-hybridized carbons (Fsp3) is 0.533. The van der Waals surface area contributed by atoms with Crippen molar-refractivity contribution in [3.8, 4) is 0 Å². The lowest BCUT2D eigenvalue weighted by atomic mass is 9.77. The Labute approximate surface area is 127 Å². The highest BCUT2D eigenvalue weighted by atomic mass is 79.9. The Morgan fingerprint density at radius 1 is 1.50 bits per heavy atom. The molecule has 4 nitrogen and oxygen atoms in total. The Morgan fingerprint density at radius 2 is 2.15 bits per heavy atom. The molecule has 0 saturated heterocycles. The van der Waals surface area contributed by atoms with Crippen LogP contribution in [0.3, 0.4) is 0 Å². The monoisotopic (exact) mass is 340 g/mol. The molecule has 0 aliphatic heterocycles. The van der Waals surface area contributed by atoms with Gasteiger partial charge in [0.15, 0.2) is 0 Å². The number of nitrogen functional groups attached to an aromatic ring is 1. The Bertz CT molecular complexity index is 497. The standard InChI is InChI=1S/C15H21BrN2O2/c1-10-4-6-15(9-19,7-5-10)18-14(20)11-2-3-12(16)13(17)8-11/h2-3,8,10,19H,4-7,9,17H2,1H3,(H,18,20). The smallest absolute Gasteiger partial charge is 0.251 e. The molecule has 1 aliphatic rings. The fourth-order valence-electron chi connectivity index (χ4n) is 2.64. The van der Waals surface area contributed by atoms with Crippen LogP contribution in [0.25, 0.3) is 0 Å². The van der Waals surface area contributed by atoms with Crippen LogP contribution in [0, 0.1) is 5.92 Å². The highest BCUT2D eigenvalue weighted by Crippen LogP contribution is 2.32. The molecular formula is C15H21BrN2O2. The van der Waals surface area contributed by atoms with E-state index in [4.69, 9.17) is 5.73 Å². The van der Waals surface area contributed by atoms with Crippen LogP contribution in [-0.4, -0.2) is 23.2 Å². The Hall–Kier alpha value is -1.07. The predicted molar refractivity (Wildman–Crippen MR) is 83.5 cm³/mol. The SMILES string of the molecule is CC1CCC(CO)(NC(=O)c2ccc(Br)c(N)c2)CC1. The van der Waals surface area contributed by atoms with Gasteiger partial charge in [-0.1, -0.05) is 6.92 Å². The number of rotatable bonds is 3. The van der Waals surface area contributed by atoms with Crippen LogP contribution in [-0.2, 0) is 0 Å². The summed E-state index contributed by atoms with van der Waals surface area (Å²) in [4.78, 5) is 12.3. The first-order valence-electron chi connectivity index (χ1n) is 6.94. The maximum absolute atomic E-state index is 12.3. The molecule has 0 radical (unpaired) electrons. The third-order valence-electron chi connectivity index (χ3n) is 4.17. The van der Waals surface area contributed by atoms with E-state index in [0.29, 0.717) is 17.2 Å². The number of carbonyl (C=O) groups excluding carboxylic acids is 1. The Morgan fingerprint density at radius 3 is 2.70 bits per heavy atom. The minimum Gasteiger partial charge on any atom is -0.398 e. The molecule has 110 valence electrons. The molecule has 1 aromatic carbocycles. The zero-order valence-electron chi connectivity index (χ0n) is 11.7. The highest BCUT2D eigenvalue weighted by Gasteiger charge is 2.35. The molecule has 1 saturated carbocycles. The number of amides is 1. The largest absolute Gasteiger partial charge is 0.398 e. The molecule has 0 heterocycles. The summed E-state index contributed by atoms with van der Waals surface area (Å²) in [7, 11) is 0. The topological polar surface area (TPSA) is 75.3 Å². The van der Waals surface area contributed by atoms with Crippen molar-refractivity contribution >= 4 is 27.5 Å². The highest BCUT2D eigenvalue weighted by molar-refractivity contribution is 9.10. The molecule has 0 aromatic heterocycles. The van der Waals surface area contributed by atoms with E-state index < -0.39 is 5.54 Å². The average Bonchev–Trinajstić information content (AvgIpc) is 2.44. The van der Waals surface area contributed by atoms with Crippen LogP contribution in [0.5, 0.6) is 0 Å². The van der Waals surface area contributed by atoms with Gasteiger partial charge in [0.05, 0.1) is 12.1 Å². The minimum atomic E-state index is -0.481. The van der Waals surface area contributed by atoms with E-state index in [-0.39, 0.29) is 12.5 Å². The van der Waals surface area contributed by atoms with Crippen molar-refractivity contribution in [1.82, 2.24) is 5.32 Å². The van der Waals surface area contributed by atoms with E-state index in [1.54, 1.807) is 18.2 Å². The van der Waals surface area contributed by atoms with E-state index in [2.05, 4.69) is 28.2 Å². The van der Waals surface area contributed by atoms with E-state index in [9.17, 15) is 9.90 Å². The van der Waals surface area contributed by atoms with Gasteiger partial charge in [-0.25, -0.2) is 0 Å². The quantitative estimate of drug-likeness (QED) is 0.740. The summed E-state index contributed by atoms with van der Waals surface area (Å²) in [5.74, 6) is 0.489. The van der Waals surface area contributed by atoms with E-state index in [0.717, 1.165) is 30.2 Å². The molecule has 1 aliphatic carbocycles. The van der Waals surface area contributed by atoms with Crippen LogP contribution in [0.2, 0.25) is 0 Å². The summed E-state index contributed by atoms with van der Waals surface area (Å²) in [5.41, 5.74) is 6.38. The van der Waals surface area contributed by atoms with Crippen molar-refractivity contribution < 1.29 is 9.90 Å². The molecule has 0 spiro atoms. The van der Waals surface area contributed by atoms with Crippen LogP contribution in [0.15, 0.2) is 22.7 Å². The van der Waals surface area contributed by atoms with Gasteiger partial charge in [0.25, 0.3) is 5.91 Å². The molecule has 0 bridgehead atoms. The van der Waals surface area contributed by atoms with Crippen LogP contribution >= 0.6 is 15.9 Å². The summed E-state index contributed by atoms with van der Waals surface area (Å²) in [6.07, 6.45) is 3.71. The van der Waals surface area contributed by atoms with Crippen molar-refractivity contribution in [3.05, 3.63) is 28.2 Å². The minimum absolute atomic E-state index is 0.0164. The summed E-state index contributed by atoms with van der Waals surface area (Å²) in [6.45, 7) is 2.19. The maximum atomic E-state index is 12.3. The van der Waals surface area contributed by atoms with Gasteiger partial charge >= 0.3 is 0 Å². The second kappa shape index (κ2) is 6.14. The number of hydrogen-bond acceptors (Lipinski definition) is 3. The second-order valence-electron chi connectivity index (χ2n) is 5.81. The predicted octanol–water partition coefficient (Wildman–Crippen LogP) is 2.70. The number of aliphatic hydroxyl groups excluding tert-OH is 1. The first-order chi connectivity index (χ1) is 9.46. The van der Waals surface area contributed by atoms with Gasteiger partial charge in [-0.05, 0) is 65.7 Å². The number of halogens is 1. The van der Waals surface area contributed by atoms with Crippen LogP contribution in [0.4, 0.5) is 5.69 Å². The maximum Gasteiger partial charge on any atom is 0.251 e. The molecule has 4 N–H and O–H groups in total. The molecule has 1 amide bonds. The van der Waals surface area contributed by atoms with Gasteiger partial charge in [0, 0.05) is 15.7 Å². The first kappa shape index (κ1) is 15.3. The van der Waals surface area contributed by atoms with Gasteiger partial charge in [-0.15, -0.1) is 0 Å². The van der Waals surface area contributed by atoms with Crippen LogP contribution < -0.4 is 11.1 Å². The number of nitrogens with one attached hydrogen (secondary N) is 1. The number of carbonyl (C=O) groups is 1. The zero-order valence-corrected chi connectivity index (χ0v) is 13.2. The van der Waals surface area contributed by atoms with E-state index in [1.165, 1.54) is 0 Å². The number of anilines is 1. The lowest BCUT2D eigenvalue weighted by Gasteiger charge is -2.38. The van der Waals surface area contributed by atoms with Gasteiger partial charge in [0.2, 0.25) is 0 Å². The van der Waals surface area contributed by atoms with Crippen molar-refractivity contribution in [2.45, 2.75) is 38.1 Å². The summed E-state index contributed by atoms with van der Waals surface area (Å²) in [5, 5.41) is 12.7. The number of aliphatic hydroxyl groups is 1. The fourth-order valence-corrected chi connectivity index (χ4v) is 2.88. The molecule has 1 fully saturated rings. The zero-order chi connectivity index (χ0) is 14.8. The molecule has 0 atom stereocenters. The van der Waals surface area contributed by atoms with E-state index >= 15 is 0 Å². The molecule has 2 rings (SSSR count). The van der Waals surface area contributed by atoms with E-state index in [1.807, 2.05) is 0 Å². The summed E-state index contributed by atoms with van der Waals surface area (Å²) in [6, 6.07) is 5.14. The van der Waals surface area contributed by atoms with Crippen molar-refractivity contribution in [1.29, 1.82) is 0 Å². The third-order valence-corrected chi connectivity index (χ3v) is 4.89. The molecular weight excluding hydrogens is 320 g/mol. The molecule has 1 aromatic rings.